The molecular weight excluding hydrogens is 210 g/mol. The van der Waals surface area contributed by atoms with Crippen molar-refractivity contribution in [3.05, 3.63) is 0 Å². The van der Waals surface area contributed by atoms with Crippen molar-refractivity contribution in [1.29, 1.82) is 0 Å². The number of aliphatic carboxylic acids is 1. The Labute approximate surface area is 95.1 Å². The molecule has 0 spiro atoms. The van der Waals surface area contributed by atoms with Crippen LogP contribution in [0.5, 0.6) is 0 Å². The second kappa shape index (κ2) is 4.05. The summed E-state index contributed by atoms with van der Waals surface area (Å²) in [5, 5.41) is 18.7. The summed E-state index contributed by atoms with van der Waals surface area (Å²) in [5.41, 5.74) is -2.24. The van der Waals surface area contributed by atoms with Gasteiger partial charge in [-0.15, -0.1) is 0 Å². The SMILES string of the molecule is CN(CC(C)(C)O)C(=O)C1(C(=O)O)CCC1. The predicted octanol–water partition coefficient (Wildman–Crippen LogP) is 0.471. The van der Waals surface area contributed by atoms with Gasteiger partial charge in [-0.3, -0.25) is 9.59 Å². The first-order valence-corrected chi connectivity index (χ1v) is 5.40. The molecule has 1 aliphatic carbocycles. The van der Waals surface area contributed by atoms with Crippen LogP contribution in [0.15, 0.2) is 0 Å². The molecule has 5 heteroatoms. The second-order valence-corrected chi connectivity index (χ2v) is 5.21. The molecule has 0 aromatic rings. The number of carbonyl (C=O) groups excluding carboxylic acids is 1. The molecule has 5 nitrogen and oxygen atoms in total. The van der Waals surface area contributed by atoms with E-state index in [9.17, 15) is 14.7 Å². The van der Waals surface area contributed by atoms with Gasteiger partial charge in [0.05, 0.1) is 5.60 Å². The molecule has 2 N–H and O–H groups in total. The monoisotopic (exact) mass is 229 g/mol. The van der Waals surface area contributed by atoms with Crippen molar-refractivity contribution in [3.8, 4) is 0 Å². The number of nitrogens with zero attached hydrogens (tertiary/aromatic N) is 1. The smallest absolute Gasteiger partial charge is 0.319 e. The van der Waals surface area contributed by atoms with E-state index in [0.717, 1.165) is 6.42 Å². The van der Waals surface area contributed by atoms with Crippen LogP contribution in [0.2, 0.25) is 0 Å². The highest BCUT2D eigenvalue weighted by molar-refractivity contribution is 6.02. The van der Waals surface area contributed by atoms with Crippen molar-refractivity contribution >= 4 is 11.9 Å². The number of rotatable bonds is 4. The van der Waals surface area contributed by atoms with Crippen LogP contribution < -0.4 is 0 Å². The Hall–Kier alpha value is -1.10. The number of amides is 1. The number of likely N-dealkylation sites (N-methyl/N-ethyl adjacent to an activating group) is 1. The Bertz CT molecular complexity index is 302. The van der Waals surface area contributed by atoms with Gasteiger partial charge in [0, 0.05) is 13.6 Å². The highest BCUT2D eigenvalue weighted by atomic mass is 16.4. The van der Waals surface area contributed by atoms with Gasteiger partial charge in [-0.1, -0.05) is 6.42 Å². The number of carboxylic acids is 1. The van der Waals surface area contributed by atoms with Crippen LogP contribution in [0.25, 0.3) is 0 Å². The van der Waals surface area contributed by atoms with Gasteiger partial charge < -0.3 is 15.1 Å². The fourth-order valence-electron chi connectivity index (χ4n) is 2.07. The van der Waals surface area contributed by atoms with Crippen LogP contribution in [0.4, 0.5) is 0 Å². The topological polar surface area (TPSA) is 77.8 Å². The molecule has 0 unspecified atom stereocenters. The van der Waals surface area contributed by atoms with Crippen molar-refractivity contribution in [3.63, 3.8) is 0 Å². The van der Waals surface area contributed by atoms with Crippen LogP contribution in [-0.2, 0) is 9.59 Å². The molecule has 0 aliphatic heterocycles. The zero-order chi connectivity index (χ0) is 12.6. The number of aliphatic hydroxyl groups is 1. The fourth-order valence-corrected chi connectivity index (χ4v) is 2.07. The molecule has 0 aromatic carbocycles. The van der Waals surface area contributed by atoms with Crippen LogP contribution in [-0.4, -0.2) is 46.2 Å². The number of hydrogen-bond donors (Lipinski definition) is 2. The summed E-state index contributed by atoms with van der Waals surface area (Å²) in [6.07, 6.45) is 1.57. The number of hydrogen-bond acceptors (Lipinski definition) is 3. The quantitative estimate of drug-likeness (QED) is 0.687. The Kier molecular flexibility index (Phi) is 3.28. The van der Waals surface area contributed by atoms with E-state index in [-0.39, 0.29) is 6.54 Å². The molecule has 1 saturated carbocycles. The maximum atomic E-state index is 12.0. The van der Waals surface area contributed by atoms with Gasteiger partial charge in [0.2, 0.25) is 5.91 Å². The number of carboxylic acid groups (broad SMARTS) is 1. The molecule has 0 bridgehead atoms. The van der Waals surface area contributed by atoms with Crippen LogP contribution in [0.3, 0.4) is 0 Å². The fraction of sp³-hybridized carbons (Fsp3) is 0.818. The van der Waals surface area contributed by atoms with E-state index in [0.29, 0.717) is 12.8 Å². The molecule has 16 heavy (non-hydrogen) atoms. The Morgan fingerprint density at radius 2 is 1.88 bits per heavy atom. The molecule has 1 amide bonds. The molecule has 92 valence electrons. The molecule has 1 rings (SSSR count). The average Bonchev–Trinajstić information content (AvgIpc) is 1.97. The lowest BCUT2D eigenvalue weighted by Crippen LogP contribution is -2.53. The predicted molar refractivity (Wildman–Crippen MR) is 57.9 cm³/mol. The average molecular weight is 229 g/mol. The van der Waals surface area contributed by atoms with Gasteiger partial charge in [-0.2, -0.15) is 0 Å². The van der Waals surface area contributed by atoms with E-state index in [1.165, 1.54) is 11.9 Å². The first-order chi connectivity index (χ1) is 7.19. The summed E-state index contributed by atoms with van der Waals surface area (Å²) in [7, 11) is 1.53. The lowest BCUT2D eigenvalue weighted by molar-refractivity contribution is -0.168. The molecular formula is C11H19NO4. The Morgan fingerprint density at radius 1 is 1.38 bits per heavy atom. The van der Waals surface area contributed by atoms with E-state index in [2.05, 4.69) is 0 Å². The summed E-state index contributed by atoms with van der Waals surface area (Å²) in [5.74, 6) is -1.44. The highest BCUT2D eigenvalue weighted by Crippen LogP contribution is 2.42. The van der Waals surface area contributed by atoms with E-state index in [1.807, 2.05) is 0 Å². The van der Waals surface area contributed by atoms with E-state index >= 15 is 0 Å². The zero-order valence-corrected chi connectivity index (χ0v) is 9.99. The van der Waals surface area contributed by atoms with Gasteiger partial charge in [0.1, 0.15) is 5.41 Å². The lowest BCUT2D eigenvalue weighted by atomic mass is 9.67. The maximum Gasteiger partial charge on any atom is 0.319 e. The maximum absolute atomic E-state index is 12.0. The lowest BCUT2D eigenvalue weighted by Gasteiger charge is -2.40. The molecule has 0 saturated heterocycles. The standard InChI is InChI=1S/C11H19NO4/c1-10(2,16)7-12(3)8(13)11(9(14)15)5-4-6-11/h16H,4-7H2,1-3H3,(H,14,15). The number of carbonyl (C=O) groups is 2. The first-order valence-electron chi connectivity index (χ1n) is 5.40. The third-order valence-corrected chi connectivity index (χ3v) is 3.00. The minimum Gasteiger partial charge on any atom is -0.480 e. The van der Waals surface area contributed by atoms with Crippen LogP contribution in [0, 0.1) is 5.41 Å². The second-order valence-electron chi connectivity index (χ2n) is 5.21. The van der Waals surface area contributed by atoms with Gasteiger partial charge in [0.25, 0.3) is 0 Å². The van der Waals surface area contributed by atoms with Gasteiger partial charge >= 0.3 is 5.97 Å². The molecule has 0 aromatic heterocycles. The minimum absolute atomic E-state index is 0.140. The summed E-state index contributed by atoms with van der Waals surface area (Å²) in [4.78, 5) is 24.4. The van der Waals surface area contributed by atoms with Gasteiger partial charge in [-0.05, 0) is 26.7 Å². The summed E-state index contributed by atoms with van der Waals surface area (Å²) in [6.45, 7) is 3.32. The van der Waals surface area contributed by atoms with E-state index in [1.54, 1.807) is 13.8 Å². The largest absolute Gasteiger partial charge is 0.480 e. The summed E-state index contributed by atoms with van der Waals surface area (Å²) in [6, 6.07) is 0. The van der Waals surface area contributed by atoms with Crippen LogP contribution in [0.1, 0.15) is 33.1 Å². The summed E-state index contributed by atoms with van der Waals surface area (Å²) >= 11 is 0. The first kappa shape index (κ1) is 13.0. The zero-order valence-electron chi connectivity index (χ0n) is 9.99. The minimum atomic E-state index is -1.24. The van der Waals surface area contributed by atoms with Gasteiger partial charge in [-0.25, -0.2) is 0 Å². The van der Waals surface area contributed by atoms with Crippen molar-refractivity contribution in [1.82, 2.24) is 4.90 Å². The molecule has 0 radical (unpaired) electrons. The van der Waals surface area contributed by atoms with Crippen LogP contribution >= 0.6 is 0 Å². The van der Waals surface area contributed by atoms with Crippen molar-refractivity contribution in [2.45, 2.75) is 38.7 Å². The Balaban J connectivity index is 2.73. The molecule has 0 atom stereocenters. The van der Waals surface area contributed by atoms with Crippen molar-refractivity contribution in [2.75, 3.05) is 13.6 Å². The third kappa shape index (κ3) is 2.35. The van der Waals surface area contributed by atoms with Crippen molar-refractivity contribution in [2.24, 2.45) is 5.41 Å². The molecule has 1 fully saturated rings. The van der Waals surface area contributed by atoms with E-state index < -0.39 is 22.9 Å². The summed E-state index contributed by atoms with van der Waals surface area (Å²) < 4.78 is 0. The Morgan fingerprint density at radius 3 is 2.12 bits per heavy atom. The molecule has 1 aliphatic rings. The van der Waals surface area contributed by atoms with E-state index in [4.69, 9.17) is 5.11 Å². The van der Waals surface area contributed by atoms with Gasteiger partial charge in [0.15, 0.2) is 0 Å². The molecule has 0 heterocycles. The third-order valence-electron chi connectivity index (χ3n) is 3.00. The highest BCUT2D eigenvalue weighted by Gasteiger charge is 2.52. The van der Waals surface area contributed by atoms with Crippen molar-refractivity contribution < 1.29 is 19.8 Å². The normalized spacial score (nSPS) is 18.8.